The van der Waals surface area contributed by atoms with Gasteiger partial charge in [0.15, 0.2) is 0 Å². The molecule has 0 aromatic heterocycles. The molecular formula is C17H17F3N2O3S. The summed E-state index contributed by atoms with van der Waals surface area (Å²) in [7, 11) is -3.85. The molecule has 0 radical (unpaired) electrons. The molecule has 2 aromatic rings. The third kappa shape index (κ3) is 5.57. The number of alkyl halides is 3. The highest BCUT2D eigenvalue weighted by Gasteiger charge is 2.28. The number of hydrogen-bond donors (Lipinski definition) is 2. The topological polar surface area (TPSA) is 75.3 Å². The smallest absolute Gasteiger partial charge is 0.343 e. The summed E-state index contributed by atoms with van der Waals surface area (Å²) in [5, 5.41) is 1.72. The number of sulfonamides is 1. The second kappa shape index (κ2) is 7.88. The first kappa shape index (κ1) is 19.9. The molecule has 0 saturated carbocycles. The van der Waals surface area contributed by atoms with Crippen molar-refractivity contribution in [3.05, 3.63) is 65.7 Å². The van der Waals surface area contributed by atoms with Gasteiger partial charge in [-0.3, -0.25) is 4.79 Å². The van der Waals surface area contributed by atoms with Gasteiger partial charge in [-0.25, -0.2) is 13.1 Å². The van der Waals surface area contributed by atoms with Crippen LogP contribution in [0.2, 0.25) is 0 Å². The maximum absolute atomic E-state index is 12.4. The van der Waals surface area contributed by atoms with E-state index in [1.54, 1.807) is 36.5 Å². The predicted octanol–water partition coefficient (Wildman–Crippen LogP) is 3.02. The van der Waals surface area contributed by atoms with Gasteiger partial charge >= 0.3 is 6.18 Å². The van der Waals surface area contributed by atoms with Crippen LogP contribution < -0.4 is 10.0 Å². The summed E-state index contributed by atoms with van der Waals surface area (Å²) in [6.45, 7) is 0.230. The molecule has 2 rings (SSSR count). The summed E-state index contributed by atoms with van der Waals surface area (Å²) >= 11 is 0. The molecule has 0 aliphatic carbocycles. The number of amides is 1. The first-order chi connectivity index (χ1) is 12.1. The molecule has 2 N–H and O–H groups in total. The third-order valence-electron chi connectivity index (χ3n) is 3.51. The highest BCUT2D eigenvalue weighted by Crippen LogP contribution is 2.17. The molecule has 0 saturated heterocycles. The van der Waals surface area contributed by atoms with Crippen LogP contribution >= 0.6 is 0 Å². The van der Waals surface area contributed by atoms with Crippen molar-refractivity contribution in [2.45, 2.75) is 24.0 Å². The van der Waals surface area contributed by atoms with Crippen LogP contribution in [0, 0.1) is 0 Å². The minimum absolute atomic E-state index is 0.0655. The number of hydrogen-bond acceptors (Lipinski definition) is 3. The van der Waals surface area contributed by atoms with E-state index in [0.29, 0.717) is 0 Å². The Morgan fingerprint density at radius 1 is 1.04 bits per heavy atom. The number of carbonyl (C=O) groups excluding carboxylic acids is 1. The molecule has 1 amide bonds. The average molecular weight is 386 g/mol. The lowest BCUT2D eigenvalue weighted by Crippen LogP contribution is -2.33. The van der Waals surface area contributed by atoms with Gasteiger partial charge in [-0.2, -0.15) is 13.2 Å². The number of carbonyl (C=O) groups is 1. The minimum Gasteiger partial charge on any atom is -0.343 e. The van der Waals surface area contributed by atoms with Gasteiger partial charge in [-0.1, -0.05) is 30.3 Å². The normalized spacial score (nSPS) is 13.2. The maximum atomic E-state index is 12.4. The Balaban J connectivity index is 2.07. The quantitative estimate of drug-likeness (QED) is 0.801. The van der Waals surface area contributed by atoms with E-state index >= 15 is 0 Å². The largest absolute Gasteiger partial charge is 0.405 e. The minimum atomic E-state index is -4.52. The Hall–Kier alpha value is -2.39. The average Bonchev–Trinajstić information content (AvgIpc) is 2.59. The highest BCUT2D eigenvalue weighted by atomic mass is 32.2. The molecule has 0 fully saturated rings. The lowest BCUT2D eigenvalue weighted by molar-refractivity contribution is -0.123. The molecule has 1 unspecified atom stereocenters. The van der Waals surface area contributed by atoms with E-state index in [9.17, 15) is 26.4 Å². The van der Waals surface area contributed by atoms with Gasteiger partial charge in [-0.15, -0.1) is 0 Å². The maximum Gasteiger partial charge on any atom is 0.405 e. The van der Waals surface area contributed by atoms with Gasteiger partial charge in [0, 0.05) is 11.6 Å². The zero-order chi connectivity index (χ0) is 19.4. The summed E-state index contributed by atoms with van der Waals surface area (Å²) in [5.74, 6) is -0.933. The van der Waals surface area contributed by atoms with E-state index in [1.165, 1.54) is 12.1 Å². The summed E-state index contributed by atoms with van der Waals surface area (Å²) in [5.41, 5.74) is 0.712. The Labute approximate surface area is 149 Å². The van der Waals surface area contributed by atoms with Crippen LogP contribution in [0.15, 0.2) is 59.5 Å². The van der Waals surface area contributed by atoms with Crippen LogP contribution in [0.3, 0.4) is 0 Å². The van der Waals surface area contributed by atoms with E-state index in [1.807, 2.05) is 6.07 Å². The fourth-order valence-corrected chi connectivity index (χ4v) is 3.41. The van der Waals surface area contributed by atoms with Crippen molar-refractivity contribution < 1.29 is 26.4 Å². The molecule has 0 heterocycles. The lowest BCUT2D eigenvalue weighted by Gasteiger charge is -2.15. The Bertz CT molecular complexity index is 851. The fraction of sp³-hybridized carbons (Fsp3) is 0.235. The summed E-state index contributed by atoms with van der Waals surface area (Å²) < 4.78 is 63.6. The molecule has 0 spiro atoms. The zero-order valence-electron chi connectivity index (χ0n) is 13.7. The predicted molar refractivity (Wildman–Crippen MR) is 90.0 cm³/mol. The number of rotatable bonds is 6. The van der Waals surface area contributed by atoms with Crippen molar-refractivity contribution in [3.63, 3.8) is 0 Å². The Morgan fingerprint density at radius 3 is 2.15 bits per heavy atom. The summed E-state index contributed by atoms with van der Waals surface area (Å²) in [4.78, 5) is 11.5. The first-order valence-electron chi connectivity index (χ1n) is 7.61. The molecule has 1 atom stereocenters. The second-order valence-electron chi connectivity index (χ2n) is 5.58. The van der Waals surface area contributed by atoms with Crippen molar-refractivity contribution in [3.8, 4) is 0 Å². The van der Waals surface area contributed by atoms with Gasteiger partial charge in [0.1, 0.15) is 6.54 Å². The van der Waals surface area contributed by atoms with Crippen molar-refractivity contribution in [1.82, 2.24) is 10.0 Å². The fourth-order valence-electron chi connectivity index (χ4n) is 2.18. The third-order valence-corrected chi connectivity index (χ3v) is 5.06. The lowest BCUT2D eigenvalue weighted by atomic mass is 10.1. The van der Waals surface area contributed by atoms with Gasteiger partial charge in [0.2, 0.25) is 10.0 Å². The van der Waals surface area contributed by atoms with Crippen molar-refractivity contribution in [2.75, 3.05) is 6.54 Å². The van der Waals surface area contributed by atoms with Gasteiger partial charge in [0.05, 0.1) is 4.90 Å². The van der Waals surface area contributed by atoms with E-state index in [0.717, 1.165) is 17.7 Å². The molecule has 9 heteroatoms. The second-order valence-corrected chi connectivity index (χ2v) is 7.29. The van der Waals surface area contributed by atoms with E-state index in [4.69, 9.17) is 0 Å². The molecule has 0 bridgehead atoms. The molecular weight excluding hydrogens is 369 g/mol. The van der Waals surface area contributed by atoms with Crippen molar-refractivity contribution >= 4 is 15.9 Å². The summed E-state index contributed by atoms with van der Waals surface area (Å²) in [6.07, 6.45) is -4.52. The standard InChI is InChI=1S/C17H17F3N2O3S/c1-12(13-5-3-2-4-6-13)22-26(24,25)15-9-7-14(8-10-15)16(23)21-11-17(18,19)20/h2-10,12,22H,11H2,1H3,(H,21,23). The molecule has 0 aliphatic heterocycles. The van der Waals surface area contributed by atoms with Crippen LogP contribution in [0.25, 0.3) is 0 Å². The molecule has 140 valence electrons. The Kier molecular flexibility index (Phi) is 6.04. The molecule has 5 nitrogen and oxygen atoms in total. The molecule has 0 aliphatic rings. The van der Waals surface area contributed by atoms with Gasteiger partial charge < -0.3 is 5.32 Å². The number of benzene rings is 2. The van der Waals surface area contributed by atoms with Crippen LogP contribution in [-0.2, 0) is 10.0 Å². The van der Waals surface area contributed by atoms with Gasteiger partial charge in [0.25, 0.3) is 5.91 Å². The molecule has 26 heavy (non-hydrogen) atoms. The zero-order valence-corrected chi connectivity index (χ0v) is 14.6. The number of halogens is 3. The van der Waals surface area contributed by atoms with E-state index < -0.39 is 34.7 Å². The molecule has 2 aromatic carbocycles. The van der Waals surface area contributed by atoms with Crippen LogP contribution in [0.1, 0.15) is 28.9 Å². The van der Waals surface area contributed by atoms with Crippen molar-refractivity contribution in [1.29, 1.82) is 0 Å². The van der Waals surface area contributed by atoms with Gasteiger partial charge in [-0.05, 0) is 36.8 Å². The highest BCUT2D eigenvalue weighted by molar-refractivity contribution is 7.89. The summed E-state index contributed by atoms with van der Waals surface area (Å²) in [6, 6.07) is 13.1. The SMILES string of the molecule is CC(NS(=O)(=O)c1ccc(C(=O)NCC(F)(F)F)cc1)c1ccccc1. The van der Waals surface area contributed by atoms with Crippen LogP contribution in [0.5, 0.6) is 0 Å². The monoisotopic (exact) mass is 386 g/mol. The van der Waals surface area contributed by atoms with E-state index in [-0.39, 0.29) is 10.5 Å². The number of nitrogens with one attached hydrogen (secondary N) is 2. The first-order valence-corrected chi connectivity index (χ1v) is 9.09. The Morgan fingerprint density at radius 2 is 1.62 bits per heavy atom. The van der Waals surface area contributed by atoms with Crippen LogP contribution in [0.4, 0.5) is 13.2 Å². The van der Waals surface area contributed by atoms with Crippen molar-refractivity contribution in [2.24, 2.45) is 0 Å². The van der Waals surface area contributed by atoms with Crippen LogP contribution in [-0.4, -0.2) is 27.0 Å². The van der Waals surface area contributed by atoms with E-state index in [2.05, 4.69) is 4.72 Å².